The van der Waals surface area contributed by atoms with Gasteiger partial charge in [-0.3, -0.25) is 4.79 Å². The molecule has 0 aromatic heterocycles. The molecule has 3 fully saturated rings. The van der Waals surface area contributed by atoms with Gasteiger partial charge in [-0.15, -0.1) is 0 Å². The van der Waals surface area contributed by atoms with Gasteiger partial charge in [0.05, 0.1) is 12.7 Å². The van der Waals surface area contributed by atoms with Gasteiger partial charge in [0, 0.05) is 36.7 Å². The lowest BCUT2D eigenvalue weighted by Crippen LogP contribution is -2.67. The highest BCUT2D eigenvalue weighted by Crippen LogP contribution is 2.53. The fourth-order valence-electron chi connectivity index (χ4n) is 6.78. The van der Waals surface area contributed by atoms with Crippen LogP contribution in [-0.4, -0.2) is 65.7 Å². The quantitative estimate of drug-likeness (QED) is 0.557. The first-order valence-corrected chi connectivity index (χ1v) is 13.8. The van der Waals surface area contributed by atoms with Crippen molar-refractivity contribution in [2.24, 2.45) is 11.8 Å². The van der Waals surface area contributed by atoms with Crippen LogP contribution in [-0.2, 0) is 5.41 Å². The van der Waals surface area contributed by atoms with Gasteiger partial charge in [-0.05, 0) is 86.7 Å². The van der Waals surface area contributed by atoms with Crippen LogP contribution in [0.3, 0.4) is 0 Å². The molecule has 0 radical (unpaired) electrons. The molecule has 5 nitrogen and oxygen atoms in total. The number of methoxy groups -OCH3 is 1. The van der Waals surface area contributed by atoms with Crippen molar-refractivity contribution in [1.82, 2.24) is 9.80 Å². The van der Waals surface area contributed by atoms with Gasteiger partial charge in [-0.1, -0.05) is 44.2 Å². The summed E-state index contributed by atoms with van der Waals surface area (Å²) in [5.74, 6) is 2.10. The largest absolute Gasteiger partial charge is 0.497 e. The summed E-state index contributed by atoms with van der Waals surface area (Å²) in [5, 5.41) is 12.4. The van der Waals surface area contributed by atoms with Crippen molar-refractivity contribution in [3.63, 3.8) is 0 Å². The molecule has 1 heterocycles. The molecule has 36 heavy (non-hydrogen) atoms. The Labute approximate surface area is 216 Å². The maximum atomic E-state index is 13.8. The minimum Gasteiger partial charge on any atom is -0.497 e. The number of hydrogen-bond donors (Lipinski definition) is 1. The summed E-state index contributed by atoms with van der Waals surface area (Å²) >= 11 is 0. The van der Waals surface area contributed by atoms with Crippen LogP contribution in [0.15, 0.2) is 54.6 Å². The number of rotatable bonds is 8. The van der Waals surface area contributed by atoms with E-state index in [1.54, 1.807) is 7.11 Å². The zero-order valence-corrected chi connectivity index (χ0v) is 22.2. The molecule has 2 saturated carbocycles. The van der Waals surface area contributed by atoms with Crippen LogP contribution >= 0.6 is 0 Å². The lowest BCUT2D eigenvalue weighted by Gasteiger charge is -2.59. The summed E-state index contributed by atoms with van der Waals surface area (Å²) in [6.45, 7) is 7.88. The number of fused-ring (bicyclic) bond motifs is 1. The average Bonchev–Trinajstić information content (AvgIpc) is 3.71. The molecule has 1 aliphatic heterocycles. The van der Waals surface area contributed by atoms with Gasteiger partial charge in [-0.2, -0.15) is 0 Å². The molecule has 2 aliphatic carbocycles. The number of aliphatic hydroxyl groups is 1. The monoisotopic (exact) mass is 490 g/mol. The summed E-state index contributed by atoms with van der Waals surface area (Å²) < 4.78 is 5.60. The van der Waals surface area contributed by atoms with Crippen LogP contribution in [0.4, 0.5) is 0 Å². The molecule has 2 aromatic carbocycles. The Bertz CT molecular complexity index is 1050. The van der Waals surface area contributed by atoms with Gasteiger partial charge in [0.15, 0.2) is 0 Å². The zero-order valence-electron chi connectivity index (χ0n) is 22.2. The molecule has 5 rings (SSSR count). The van der Waals surface area contributed by atoms with E-state index in [0.717, 1.165) is 61.7 Å². The van der Waals surface area contributed by atoms with E-state index >= 15 is 0 Å². The van der Waals surface area contributed by atoms with E-state index in [2.05, 4.69) is 35.8 Å². The Balaban J connectivity index is 1.50. The highest BCUT2D eigenvalue weighted by atomic mass is 16.5. The molecule has 0 bridgehead atoms. The fourth-order valence-corrected chi connectivity index (χ4v) is 6.78. The molecule has 3 aliphatic rings. The zero-order chi connectivity index (χ0) is 25.3. The van der Waals surface area contributed by atoms with Crippen molar-refractivity contribution >= 4 is 5.91 Å². The number of piperidine rings is 1. The minimum atomic E-state index is -0.817. The Hall–Kier alpha value is -2.37. The van der Waals surface area contributed by atoms with E-state index in [1.807, 2.05) is 42.5 Å². The third kappa shape index (κ3) is 4.92. The second-order valence-electron chi connectivity index (χ2n) is 11.9. The van der Waals surface area contributed by atoms with Crippen molar-refractivity contribution in [2.45, 2.75) is 69.4 Å². The van der Waals surface area contributed by atoms with E-state index in [0.29, 0.717) is 18.9 Å². The average molecular weight is 491 g/mol. The minimum absolute atomic E-state index is 0.0848. The Morgan fingerprint density at radius 1 is 1.11 bits per heavy atom. The van der Waals surface area contributed by atoms with E-state index in [1.165, 1.54) is 12.8 Å². The number of carbonyl (C=O) groups is 1. The van der Waals surface area contributed by atoms with Crippen LogP contribution in [0.1, 0.15) is 68.3 Å². The van der Waals surface area contributed by atoms with E-state index in [4.69, 9.17) is 4.74 Å². The van der Waals surface area contributed by atoms with E-state index in [9.17, 15) is 9.90 Å². The van der Waals surface area contributed by atoms with Crippen LogP contribution in [0.2, 0.25) is 0 Å². The van der Waals surface area contributed by atoms with Gasteiger partial charge >= 0.3 is 0 Å². The lowest BCUT2D eigenvalue weighted by atomic mass is 9.55. The summed E-state index contributed by atoms with van der Waals surface area (Å²) in [6.07, 6.45) is 5.85. The maximum Gasteiger partial charge on any atom is 0.254 e. The first-order valence-electron chi connectivity index (χ1n) is 13.8. The topological polar surface area (TPSA) is 53.0 Å². The van der Waals surface area contributed by atoms with Crippen LogP contribution in [0.25, 0.3) is 0 Å². The Kier molecular flexibility index (Phi) is 7.15. The maximum absolute atomic E-state index is 13.8. The number of hydrogen-bond acceptors (Lipinski definition) is 4. The number of likely N-dealkylation sites (tertiary alicyclic amines) is 1. The number of β-amino-alcohol motifs (C(OH)–C–C–N with tert-alkyl or cyclic N) is 1. The van der Waals surface area contributed by atoms with Crippen LogP contribution in [0.5, 0.6) is 5.75 Å². The lowest BCUT2D eigenvalue weighted by molar-refractivity contribution is -0.133. The van der Waals surface area contributed by atoms with Crippen molar-refractivity contribution in [3.05, 3.63) is 65.7 Å². The number of nitrogens with zero attached hydrogens (tertiary/aromatic N) is 2. The molecule has 3 atom stereocenters. The number of benzene rings is 2. The van der Waals surface area contributed by atoms with Crippen LogP contribution in [0, 0.1) is 11.8 Å². The van der Waals surface area contributed by atoms with Gasteiger partial charge in [-0.25, -0.2) is 0 Å². The summed E-state index contributed by atoms with van der Waals surface area (Å²) in [4.78, 5) is 18.4. The number of carbonyl (C=O) groups excluding carboxylic acids is 1. The summed E-state index contributed by atoms with van der Waals surface area (Å²) in [6, 6.07) is 18.1. The second-order valence-corrected chi connectivity index (χ2v) is 11.9. The van der Waals surface area contributed by atoms with Gasteiger partial charge in [0.1, 0.15) is 5.75 Å². The van der Waals surface area contributed by atoms with Crippen molar-refractivity contribution in [3.8, 4) is 5.75 Å². The molecule has 1 amide bonds. The number of ether oxygens (including phenoxy) is 1. The molecular weight excluding hydrogens is 448 g/mol. The van der Waals surface area contributed by atoms with E-state index in [-0.39, 0.29) is 11.9 Å². The van der Waals surface area contributed by atoms with E-state index < -0.39 is 11.0 Å². The molecule has 1 N–H and O–H groups in total. The Morgan fingerprint density at radius 3 is 2.58 bits per heavy atom. The van der Waals surface area contributed by atoms with Gasteiger partial charge in [0.25, 0.3) is 5.91 Å². The first kappa shape index (κ1) is 25.3. The SMILES string of the molecule is COc1cccc([C@@]23CCN(CC4CC4)C[C@@]2(O)CC[C@H](N(CC(C)C)C(=O)c2ccccc2)C3)c1. The molecule has 0 spiro atoms. The number of amides is 1. The summed E-state index contributed by atoms with van der Waals surface area (Å²) in [7, 11) is 1.70. The molecule has 2 aromatic rings. The van der Waals surface area contributed by atoms with Crippen LogP contribution < -0.4 is 4.74 Å². The highest BCUT2D eigenvalue weighted by molar-refractivity contribution is 5.94. The van der Waals surface area contributed by atoms with Crippen molar-refractivity contribution in [1.29, 1.82) is 0 Å². The molecule has 5 heteroatoms. The first-order chi connectivity index (χ1) is 17.3. The predicted octanol–water partition coefficient (Wildman–Crippen LogP) is 5.13. The molecular formula is C31H42N2O3. The van der Waals surface area contributed by atoms with Gasteiger partial charge < -0.3 is 19.6 Å². The van der Waals surface area contributed by atoms with Gasteiger partial charge in [0.2, 0.25) is 0 Å². The molecule has 1 saturated heterocycles. The molecule has 194 valence electrons. The van der Waals surface area contributed by atoms with Crippen molar-refractivity contribution < 1.29 is 14.6 Å². The fraction of sp³-hybridized carbons (Fsp3) is 0.581. The highest BCUT2D eigenvalue weighted by Gasteiger charge is 2.58. The molecule has 0 unspecified atom stereocenters. The third-order valence-corrected chi connectivity index (χ3v) is 8.83. The van der Waals surface area contributed by atoms with Crippen molar-refractivity contribution in [2.75, 3.05) is 33.3 Å². The smallest absolute Gasteiger partial charge is 0.254 e. The predicted molar refractivity (Wildman–Crippen MR) is 143 cm³/mol. The second kappa shape index (κ2) is 10.2. The Morgan fingerprint density at radius 2 is 1.89 bits per heavy atom. The normalized spacial score (nSPS) is 28.5. The third-order valence-electron chi connectivity index (χ3n) is 8.83. The standard InChI is InChI=1S/C31H42N2O3/c1-23(2)20-33(29(34)25-8-5-4-6-9-25)27-14-15-31(35)22-32(21-24-12-13-24)17-16-30(31,19-27)26-10-7-11-28(18-26)36-3/h4-11,18,23-24,27,35H,12-17,19-22H2,1-3H3/t27-,30-,31-/m0/s1. The summed E-state index contributed by atoms with van der Waals surface area (Å²) in [5.41, 5.74) is 0.671.